The lowest BCUT2D eigenvalue weighted by molar-refractivity contribution is 0.0698. The van der Waals surface area contributed by atoms with Gasteiger partial charge in [-0.25, -0.2) is 0 Å². The summed E-state index contributed by atoms with van der Waals surface area (Å²) in [6.45, 7) is 20.8. The van der Waals surface area contributed by atoms with Crippen LogP contribution in [0.15, 0.2) is 0 Å². The van der Waals surface area contributed by atoms with Gasteiger partial charge in [0, 0.05) is 51.7 Å². The molecule has 0 atom stereocenters. The van der Waals surface area contributed by atoms with E-state index >= 15 is 0 Å². The molecule has 6 nitrogen and oxygen atoms in total. The van der Waals surface area contributed by atoms with Crippen molar-refractivity contribution in [2.75, 3.05) is 39.6 Å². The highest BCUT2D eigenvalue weighted by molar-refractivity contribution is 6.61. The summed E-state index contributed by atoms with van der Waals surface area (Å²) in [6, 6.07) is 1.94. The number of hydrogen-bond acceptors (Lipinski definition) is 6. The highest BCUT2D eigenvalue weighted by Gasteiger charge is 2.40. The molecule has 47 heavy (non-hydrogen) atoms. The van der Waals surface area contributed by atoms with E-state index in [0.717, 1.165) is 12.1 Å². The molecule has 0 fully saturated rings. The highest BCUT2D eigenvalue weighted by atomic mass is 28.4. The predicted octanol–water partition coefficient (Wildman–Crippen LogP) is 13.1. The third-order valence-corrected chi connectivity index (χ3v) is 14.9. The van der Waals surface area contributed by atoms with E-state index in [9.17, 15) is 0 Å². The molecule has 0 rings (SSSR count). The van der Waals surface area contributed by atoms with Crippen LogP contribution in [0.1, 0.15) is 203 Å². The molecule has 8 heteroatoms. The third kappa shape index (κ3) is 31.9. The molecule has 0 bridgehead atoms. The van der Waals surface area contributed by atoms with Crippen molar-refractivity contribution >= 4 is 17.6 Å². The van der Waals surface area contributed by atoms with Gasteiger partial charge in [-0.2, -0.15) is 0 Å². The van der Waals surface area contributed by atoms with Gasteiger partial charge in [-0.3, -0.25) is 0 Å². The fraction of sp³-hybridized carbons (Fsp3) is 1.00. The van der Waals surface area contributed by atoms with Crippen molar-refractivity contribution in [1.82, 2.24) is 0 Å². The summed E-state index contributed by atoms with van der Waals surface area (Å²) >= 11 is 0. The number of unbranched alkanes of at least 4 members (excludes halogenated alkanes) is 21. The Morgan fingerprint density at radius 3 is 0.574 bits per heavy atom. The van der Waals surface area contributed by atoms with Gasteiger partial charge in [-0.1, -0.05) is 149 Å². The molecule has 286 valence electrons. The van der Waals surface area contributed by atoms with E-state index in [1.807, 2.05) is 41.5 Å². The molecule has 0 radical (unpaired) electrons. The van der Waals surface area contributed by atoms with E-state index in [0.29, 0.717) is 39.6 Å². The summed E-state index contributed by atoms with van der Waals surface area (Å²) < 4.78 is 35.4. The minimum absolute atomic E-state index is 0.685. The lowest BCUT2D eigenvalue weighted by Crippen LogP contribution is -2.45. The molecule has 0 aliphatic rings. The van der Waals surface area contributed by atoms with Crippen LogP contribution in [0.3, 0.4) is 0 Å². The fourth-order valence-corrected chi connectivity index (χ4v) is 11.6. The van der Waals surface area contributed by atoms with Crippen molar-refractivity contribution in [1.29, 1.82) is 0 Å². The molecule has 0 unspecified atom stereocenters. The molecule has 0 aliphatic heterocycles. The zero-order chi connectivity index (χ0) is 35.2. The normalized spacial score (nSPS) is 12.0. The van der Waals surface area contributed by atoms with Crippen molar-refractivity contribution in [3.8, 4) is 0 Å². The van der Waals surface area contributed by atoms with Gasteiger partial charge in [-0.05, 0) is 54.4 Å². The maximum absolute atomic E-state index is 5.90. The topological polar surface area (TPSA) is 55.4 Å². The lowest BCUT2D eigenvalue weighted by atomic mass is 10.1. The van der Waals surface area contributed by atoms with Crippen LogP contribution in [0.2, 0.25) is 12.1 Å². The summed E-state index contributed by atoms with van der Waals surface area (Å²) in [6.07, 6.45) is 31.5. The van der Waals surface area contributed by atoms with E-state index < -0.39 is 17.6 Å². The fourth-order valence-electron chi connectivity index (χ4n) is 6.19. The SMILES string of the molecule is CCCCCCCCCCCCCC[Si](OCC)(OCC)OCC.CCCCCCCCCCCCC[Si](OCC)(OCC)OCC. The van der Waals surface area contributed by atoms with Crippen LogP contribution in [0.4, 0.5) is 0 Å². The van der Waals surface area contributed by atoms with Crippen LogP contribution in [-0.2, 0) is 26.6 Å². The summed E-state index contributed by atoms with van der Waals surface area (Å²) in [4.78, 5) is 0. The van der Waals surface area contributed by atoms with Gasteiger partial charge in [0.2, 0.25) is 0 Å². The summed E-state index contributed by atoms with van der Waals surface area (Å²) in [5, 5.41) is 0. The summed E-state index contributed by atoms with van der Waals surface area (Å²) in [7, 11) is -4.78. The second-order valence-electron chi connectivity index (χ2n) is 12.9. The van der Waals surface area contributed by atoms with Crippen molar-refractivity contribution < 1.29 is 26.6 Å². The maximum atomic E-state index is 5.90. The maximum Gasteiger partial charge on any atom is 0.500 e. The molecule has 0 saturated heterocycles. The largest absolute Gasteiger partial charge is 0.500 e. The Kier molecular flexibility index (Phi) is 40.9. The Bertz CT molecular complexity index is 550. The molecule has 0 amide bonds. The van der Waals surface area contributed by atoms with Crippen molar-refractivity contribution in [2.24, 2.45) is 0 Å². The smallest absolute Gasteiger partial charge is 0.374 e. The molecule has 0 aromatic heterocycles. The highest BCUT2D eigenvalue weighted by Crippen LogP contribution is 2.22. The van der Waals surface area contributed by atoms with Gasteiger partial charge in [0.1, 0.15) is 0 Å². The molecule has 0 spiro atoms. The average Bonchev–Trinajstić information content (AvgIpc) is 3.05. The van der Waals surface area contributed by atoms with E-state index in [1.165, 1.54) is 148 Å². The Labute approximate surface area is 298 Å². The molecule has 0 aromatic rings. The third-order valence-electron chi connectivity index (χ3n) is 8.61. The van der Waals surface area contributed by atoms with Crippen LogP contribution < -0.4 is 0 Å². The molecular weight excluding hydrogens is 621 g/mol. The molecule has 0 aliphatic carbocycles. The Hall–Kier alpha value is 0.194. The lowest BCUT2D eigenvalue weighted by Gasteiger charge is -2.28. The first-order valence-corrected chi connectivity index (χ1v) is 24.7. The van der Waals surface area contributed by atoms with Gasteiger partial charge in [0.05, 0.1) is 0 Å². The van der Waals surface area contributed by atoms with Crippen LogP contribution in [0, 0.1) is 0 Å². The Balaban J connectivity index is 0. The molecule has 0 aromatic carbocycles. The average molecular weight is 707 g/mol. The first kappa shape index (κ1) is 49.3. The number of rotatable bonds is 37. The van der Waals surface area contributed by atoms with Gasteiger partial charge in [0.15, 0.2) is 0 Å². The van der Waals surface area contributed by atoms with Gasteiger partial charge in [0.25, 0.3) is 0 Å². The molecular formula is C39H86O6Si2. The summed E-state index contributed by atoms with van der Waals surface area (Å²) in [5.74, 6) is 0. The van der Waals surface area contributed by atoms with Gasteiger partial charge in [-0.15, -0.1) is 0 Å². The van der Waals surface area contributed by atoms with E-state index in [4.69, 9.17) is 26.6 Å². The first-order valence-electron chi connectivity index (χ1n) is 20.8. The molecule has 0 saturated carbocycles. The van der Waals surface area contributed by atoms with Crippen molar-refractivity contribution in [3.63, 3.8) is 0 Å². The standard InChI is InChI=1S/C20H44O3Si.C19H42O3Si/c1-5-9-10-11-12-13-14-15-16-17-18-19-20-24(21-6-2,22-7-3)23-8-4;1-5-9-10-11-12-13-14-15-16-17-18-19-23(20-6-2,21-7-3)22-8-4/h5-20H2,1-4H3;5-19H2,1-4H3. The van der Waals surface area contributed by atoms with Crippen molar-refractivity contribution in [2.45, 2.75) is 215 Å². The second-order valence-corrected chi connectivity index (χ2v) is 18.4. The van der Waals surface area contributed by atoms with Crippen LogP contribution in [0.25, 0.3) is 0 Å². The van der Waals surface area contributed by atoms with Gasteiger partial charge < -0.3 is 26.6 Å². The molecule has 0 heterocycles. The van der Waals surface area contributed by atoms with Gasteiger partial charge >= 0.3 is 17.6 Å². The zero-order valence-corrected chi connectivity index (χ0v) is 35.4. The van der Waals surface area contributed by atoms with E-state index in [1.54, 1.807) is 0 Å². The van der Waals surface area contributed by atoms with Crippen LogP contribution in [0.5, 0.6) is 0 Å². The number of hydrogen-bond donors (Lipinski definition) is 0. The minimum atomic E-state index is -2.39. The summed E-state index contributed by atoms with van der Waals surface area (Å²) in [5.41, 5.74) is 0. The first-order chi connectivity index (χ1) is 23.0. The predicted molar refractivity (Wildman–Crippen MR) is 208 cm³/mol. The quantitative estimate of drug-likeness (QED) is 0.0473. The Morgan fingerprint density at radius 1 is 0.234 bits per heavy atom. The Morgan fingerprint density at radius 2 is 0.404 bits per heavy atom. The van der Waals surface area contributed by atoms with Crippen LogP contribution >= 0.6 is 0 Å². The van der Waals surface area contributed by atoms with E-state index in [-0.39, 0.29) is 0 Å². The monoisotopic (exact) mass is 707 g/mol. The van der Waals surface area contributed by atoms with E-state index in [2.05, 4.69) is 13.8 Å². The second kappa shape index (κ2) is 39.0. The molecule has 0 N–H and O–H groups in total. The van der Waals surface area contributed by atoms with Crippen LogP contribution in [-0.4, -0.2) is 57.3 Å². The zero-order valence-electron chi connectivity index (χ0n) is 33.4. The minimum Gasteiger partial charge on any atom is -0.374 e. The van der Waals surface area contributed by atoms with Crippen molar-refractivity contribution in [3.05, 3.63) is 0 Å².